The van der Waals surface area contributed by atoms with E-state index in [2.05, 4.69) is 23.4 Å². The van der Waals surface area contributed by atoms with Crippen LogP contribution in [0, 0.1) is 11.8 Å². The summed E-state index contributed by atoms with van der Waals surface area (Å²) in [5.41, 5.74) is 0. The van der Waals surface area contributed by atoms with Crippen molar-refractivity contribution in [2.24, 2.45) is 11.8 Å². The molecule has 2 aliphatic rings. The van der Waals surface area contributed by atoms with Crippen molar-refractivity contribution in [3.05, 3.63) is 0 Å². The van der Waals surface area contributed by atoms with Crippen LogP contribution in [-0.4, -0.2) is 49.1 Å². The van der Waals surface area contributed by atoms with Gasteiger partial charge in [-0.2, -0.15) is 11.8 Å². The van der Waals surface area contributed by atoms with Gasteiger partial charge in [0.1, 0.15) is 0 Å². The molecule has 0 bridgehead atoms. The Labute approximate surface area is 105 Å². The maximum absolute atomic E-state index is 3.56. The highest BCUT2D eigenvalue weighted by molar-refractivity contribution is 7.98. The van der Waals surface area contributed by atoms with E-state index in [1.165, 1.54) is 51.2 Å². The summed E-state index contributed by atoms with van der Waals surface area (Å²) in [5, 5.41) is 3.56. The lowest BCUT2D eigenvalue weighted by molar-refractivity contribution is 0.216. The Morgan fingerprint density at radius 3 is 2.94 bits per heavy atom. The molecule has 0 aliphatic carbocycles. The highest BCUT2D eigenvalue weighted by atomic mass is 32.2. The van der Waals surface area contributed by atoms with E-state index in [1.54, 1.807) is 0 Å². The van der Waals surface area contributed by atoms with Gasteiger partial charge in [0.05, 0.1) is 0 Å². The Bertz CT molecular complexity index is 210. The number of thioether (sulfide) groups is 1. The van der Waals surface area contributed by atoms with Gasteiger partial charge in [-0.25, -0.2) is 0 Å². The Balaban J connectivity index is 1.76. The Morgan fingerprint density at radius 1 is 1.31 bits per heavy atom. The van der Waals surface area contributed by atoms with Gasteiger partial charge in [0.2, 0.25) is 0 Å². The van der Waals surface area contributed by atoms with Crippen LogP contribution in [0.15, 0.2) is 0 Å². The molecule has 2 saturated heterocycles. The second kappa shape index (κ2) is 6.27. The van der Waals surface area contributed by atoms with Crippen molar-refractivity contribution in [3.8, 4) is 0 Å². The zero-order chi connectivity index (χ0) is 11.4. The molecule has 2 rings (SSSR count). The molecule has 2 nitrogen and oxygen atoms in total. The van der Waals surface area contributed by atoms with Crippen LogP contribution in [0.25, 0.3) is 0 Å². The summed E-state index contributed by atoms with van der Waals surface area (Å²) in [6.07, 6.45) is 6.33. The Hall–Kier alpha value is 0.270. The third-order valence-corrected chi connectivity index (χ3v) is 4.98. The second-order valence-electron chi connectivity index (χ2n) is 5.25. The normalized spacial score (nSPS) is 34.5. The molecule has 0 saturated carbocycles. The van der Waals surface area contributed by atoms with E-state index in [1.807, 2.05) is 11.8 Å². The molecule has 0 aromatic carbocycles. The first-order valence-electron chi connectivity index (χ1n) is 6.80. The van der Waals surface area contributed by atoms with Gasteiger partial charge in [0, 0.05) is 12.6 Å². The van der Waals surface area contributed by atoms with Crippen molar-refractivity contribution in [1.29, 1.82) is 0 Å². The molecule has 0 spiro atoms. The summed E-state index contributed by atoms with van der Waals surface area (Å²) in [5.74, 6) is 3.23. The topological polar surface area (TPSA) is 15.3 Å². The molecular weight excluding hydrogens is 216 g/mol. The minimum absolute atomic E-state index is 0.870. The molecule has 3 heteroatoms. The molecule has 16 heavy (non-hydrogen) atoms. The van der Waals surface area contributed by atoms with E-state index in [-0.39, 0.29) is 0 Å². The van der Waals surface area contributed by atoms with Crippen molar-refractivity contribution in [1.82, 2.24) is 10.2 Å². The maximum Gasteiger partial charge on any atom is 0.0137 e. The predicted molar refractivity (Wildman–Crippen MR) is 73.1 cm³/mol. The SMILES string of the molecule is CCC1C2CNCC2CN1CCCCSC. The zero-order valence-corrected chi connectivity index (χ0v) is 11.6. The predicted octanol–water partition coefficient (Wildman–Crippen LogP) is 2.06. The average Bonchev–Trinajstić information content (AvgIpc) is 2.84. The van der Waals surface area contributed by atoms with Gasteiger partial charge in [-0.05, 0) is 62.7 Å². The third kappa shape index (κ3) is 2.74. The van der Waals surface area contributed by atoms with Crippen LogP contribution in [0.1, 0.15) is 26.2 Å². The molecule has 3 atom stereocenters. The van der Waals surface area contributed by atoms with E-state index in [0.29, 0.717) is 0 Å². The lowest BCUT2D eigenvalue weighted by Gasteiger charge is -2.26. The number of likely N-dealkylation sites (tertiary alicyclic amines) is 1. The van der Waals surface area contributed by atoms with E-state index in [9.17, 15) is 0 Å². The van der Waals surface area contributed by atoms with Crippen LogP contribution < -0.4 is 5.32 Å². The quantitative estimate of drug-likeness (QED) is 0.718. The van der Waals surface area contributed by atoms with Gasteiger partial charge in [-0.1, -0.05) is 6.92 Å². The van der Waals surface area contributed by atoms with Gasteiger partial charge >= 0.3 is 0 Å². The number of unbranched alkanes of at least 4 members (excludes halogenated alkanes) is 1. The summed E-state index contributed by atoms with van der Waals surface area (Å²) in [6.45, 7) is 7.59. The number of nitrogens with zero attached hydrogens (tertiary/aromatic N) is 1. The molecule has 2 heterocycles. The zero-order valence-electron chi connectivity index (χ0n) is 10.7. The van der Waals surface area contributed by atoms with Crippen LogP contribution in [0.4, 0.5) is 0 Å². The largest absolute Gasteiger partial charge is 0.316 e. The number of rotatable bonds is 6. The van der Waals surface area contributed by atoms with Crippen molar-refractivity contribution >= 4 is 11.8 Å². The summed E-state index contributed by atoms with van der Waals surface area (Å²) >= 11 is 1.98. The number of hydrogen-bond acceptors (Lipinski definition) is 3. The molecule has 0 aromatic heterocycles. The smallest absolute Gasteiger partial charge is 0.0137 e. The summed E-state index contributed by atoms with van der Waals surface area (Å²) in [6, 6.07) is 0.870. The molecule has 1 N–H and O–H groups in total. The van der Waals surface area contributed by atoms with E-state index < -0.39 is 0 Å². The van der Waals surface area contributed by atoms with Gasteiger partial charge < -0.3 is 5.32 Å². The second-order valence-corrected chi connectivity index (χ2v) is 6.24. The lowest BCUT2D eigenvalue weighted by Crippen LogP contribution is -2.35. The third-order valence-electron chi connectivity index (χ3n) is 4.29. The lowest BCUT2D eigenvalue weighted by atomic mass is 9.93. The van der Waals surface area contributed by atoms with Gasteiger partial charge in [0.25, 0.3) is 0 Å². The Kier molecular flexibility index (Phi) is 4.98. The molecule has 0 amide bonds. The molecule has 2 aliphatic heterocycles. The first kappa shape index (κ1) is 12.7. The molecule has 2 fully saturated rings. The highest BCUT2D eigenvalue weighted by Crippen LogP contribution is 2.34. The summed E-state index contributed by atoms with van der Waals surface area (Å²) < 4.78 is 0. The fraction of sp³-hybridized carbons (Fsp3) is 1.00. The van der Waals surface area contributed by atoms with Crippen LogP contribution >= 0.6 is 11.8 Å². The fourth-order valence-corrected chi connectivity index (χ4v) is 3.98. The highest BCUT2D eigenvalue weighted by Gasteiger charge is 2.42. The molecule has 94 valence electrons. The minimum Gasteiger partial charge on any atom is -0.316 e. The average molecular weight is 242 g/mol. The van der Waals surface area contributed by atoms with Crippen LogP contribution in [-0.2, 0) is 0 Å². The first-order chi connectivity index (χ1) is 7.86. The fourth-order valence-electron chi connectivity index (χ4n) is 3.49. The van der Waals surface area contributed by atoms with E-state index >= 15 is 0 Å². The van der Waals surface area contributed by atoms with Gasteiger partial charge in [-0.15, -0.1) is 0 Å². The molecule has 0 aromatic rings. The summed E-state index contributed by atoms with van der Waals surface area (Å²) in [7, 11) is 0. The maximum atomic E-state index is 3.56. The van der Waals surface area contributed by atoms with E-state index in [4.69, 9.17) is 0 Å². The van der Waals surface area contributed by atoms with Crippen LogP contribution in [0.5, 0.6) is 0 Å². The van der Waals surface area contributed by atoms with Crippen molar-refractivity contribution in [2.75, 3.05) is 38.2 Å². The molecular formula is C13H26N2S. The van der Waals surface area contributed by atoms with Gasteiger partial charge in [0.15, 0.2) is 0 Å². The van der Waals surface area contributed by atoms with Crippen LogP contribution in [0.2, 0.25) is 0 Å². The Morgan fingerprint density at radius 2 is 2.19 bits per heavy atom. The monoisotopic (exact) mass is 242 g/mol. The van der Waals surface area contributed by atoms with Crippen LogP contribution in [0.3, 0.4) is 0 Å². The minimum atomic E-state index is 0.870. The van der Waals surface area contributed by atoms with Crippen molar-refractivity contribution in [2.45, 2.75) is 32.2 Å². The number of fused-ring (bicyclic) bond motifs is 1. The van der Waals surface area contributed by atoms with E-state index in [0.717, 1.165) is 17.9 Å². The van der Waals surface area contributed by atoms with Crippen molar-refractivity contribution in [3.63, 3.8) is 0 Å². The number of nitrogens with one attached hydrogen (secondary N) is 1. The molecule has 3 unspecified atom stereocenters. The first-order valence-corrected chi connectivity index (χ1v) is 8.20. The number of hydrogen-bond donors (Lipinski definition) is 1. The van der Waals surface area contributed by atoms with Crippen molar-refractivity contribution < 1.29 is 0 Å². The standard InChI is InChI=1S/C13H26N2S/c1-3-13-12-9-14-8-11(12)10-15(13)6-4-5-7-16-2/h11-14H,3-10H2,1-2H3. The molecule has 0 radical (unpaired) electrons. The van der Waals surface area contributed by atoms with Gasteiger partial charge in [-0.3, -0.25) is 4.90 Å². The summed E-state index contributed by atoms with van der Waals surface area (Å²) in [4.78, 5) is 2.77.